The van der Waals surface area contributed by atoms with Crippen LogP contribution in [0.2, 0.25) is 0 Å². The van der Waals surface area contributed by atoms with E-state index in [2.05, 4.69) is 15.1 Å². The number of aromatic nitrogens is 2. The monoisotopic (exact) mass is 280 g/mol. The van der Waals surface area contributed by atoms with E-state index in [0.29, 0.717) is 5.03 Å². The summed E-state index contributed by atoms with van der Waals surface area (Å²) in [6.45, 7) is 1.95. The molecule has 0 unspecified atom stereocenters. The molecule has 19 heavy (non-hydrogen) atoms. The normalized spacial score (nSPS) is 10.4. The number of benzene rings is 1. The quantitative estimate of drug-likeness (QED) is 0.642. The van der Waals surface area contributed by atoms with Crippen LogP contribution in [-0.4, -0.2) is 16.9 Å². The first kappa shape index (κ1) is 13.4. The summed E-state index contributed by atoms with van der Waals surface area (Å²) in [6.07, 6.45) is 0. The molecule has 2 aromatic rings. The minimum atomic E-state index is -0.476. The number of hydrogen-bond donors (Lipinski definition) is 2. The molecule has 0 aliphatic rings. The fraction of sp³-hybridized carbons (Fsp3) is 0.250. The number of hydrogen-bond acceptors (Lipinski definition) is 4. The predicted octanol–water partition coefficient (Wildman–Crippen LogP) is 0.832. The number of carbonyl (C=O) groups is 1. The minimum absolute atomic E-state index is 0.143. The maximum atomic E-state index is 11.8. The molecule has 1 heterocycles. The minimum Gasteiger partial charge on any atom is -0.325 e. The van der Waals surface area contributed by atoms with Gasteiger partial charge in [-0.05, 0) is 41.7 Å². The maximum absolute atomic E-state index is 11.8. The zero-order chi connectivity index (χ0) is 13.8. The maximum Gasteiger partial charge on any atom is 0.441 e. The number of nitrogens with zero attached hydrogens (tertiary/aromatic N) is 1. The van der Waals surface area contributed by atoms with Crippen LogP contribution < -0.4 is 15.6 Å². The van der Waals surface area contributed by atoms with E-state index in [1.165, 1.54) is 4.68 Å². The fourth-order valence-corrected chi connectivity index (χ4v) is 2.27. The summed E-state index contributed by atoms with van der Waals surface area (Å²) >= 11 is 1.13. The average Bonchev–Trinajstić information content (AvgIpc) is 2.67. The summed E-state index contributed by atoms with van der Waals surface area (Å²) in [6, 6.07) is 7.53. The smallest absolute Gasteiger partial charge is 0.325 e. The molecule has 6 nitrogen and oxygen atoms in total. The van der Waals surface area contributed by atoms with Gasteiger partial charge in [-0.25, -0.2) is 4.79 Å². The zero-order valence-corrected chi connectivity index (χ0v) is 11.4. The van der Waals surface area contributed by atoms with E-state index in [1.54, 1.807) is 7.05 Å². The zero-order valence-electron chi connectivity index (χ0n) is 10.6. The van der Waals surface area contributed by atoms with Crippen LogP contribution in [0.5, 0.6) is 0 Å². The van der Waals surface area contributed by atoms with E-state index in [4.69, 9.17) is 0 Å². The van der Waals surface area contributed by atoms with Crippen molar-refractivity contribution < 1.29 is 14.0 Å². The number of rotatable bonds is 4. The van der Waals surface area contributed by atoms with Gasteiger partial charge in [-0.1, -0.05) is 16.8 Å². The summed E-state index contributed by atoms with van der Waals surface area (Å²) < 4.78 is 6.03. The number of thioether (sulfide) groups is 1. The van der Waals surface area contributed by atoms with Crippen molar-refractivity contribution >= 4 is 23.4 Å². The lowest BCUT2D eigenvalue weighted by Crippen LogP contribution is -2.34. The molecule has 2 rings (SSSR count). The number of anilines is 1. The molecule has 7 heteroatoms. The number of H-pyrrole nitrogens is 1. The second-order valence-electron chi connectivity index (χ2n) is 4.05. The summed E-state index contributed by atoms with van der Waals surface area (Å²) in [4.78, 5) is 23.0. The van der Waals surface area contributed by atoms with E-state index in [0.717, 1.165) is 23.0 Å². The first-order valence-electron chi connectivity index (χ1n) is 5.63. The van der Waals surface area contributed by atoms with Gasteiger partial charge >= 0.3 is 10.7 Å². The lowest BCUT2D eigenvalue weighted by molar-refractivity contribution is -0.772. The molecule has 2 N–H and O–H groups in total. The number of aryl methyl sites for hydroxylation is 2. The third kappa shape index (κ3) is 3.47. The highest BCUT2D eigenvalue weighted by molar-refractivity contribution is 7.99. The van der Waals surface area contributed by atoms with E-state index in [1.807, 2.05) is 31.2 Å². The molecule has 0 spiro atoms. The van der Waals surface area contributed by atoms with Crippen molar-refractivity contribution in [3.8, 4) is 0 Å². The van der Waals surface area contributed by atoms with Crippen LogP contribution >= 0.6 is 11.8 Å². The second kappa shape index (κ2) is 5.75. The highest BCUT2D eigenvalue weighted by Crippen LogP contribution is 2.12. The van der Waals surface area contributed by atoms with Gasteiger partial charge in [0, 0.05) is 5.69 Å². The highest BCUT2D eigenvalue weighted by atomic mass is 32.2. The molecular formula is C12H14N3O3S+. The van der Waals surface area contributed by atoms with Gasteiger partial charge in [0.2, 0.25) is 5.91 Å². The van der Waals surface area contributed by atoms with E-state index >= 15 is 0 Å². The van der Waals surface area contributed by atoms with Gasteiger partial charge in [0.1, 0.15) is 0 Å². The summed E-state index contributed by atoms with van der Waals surface area (Å²) in [5.41, 5.74) is 1.34. The van der Waals surface area contributed by atoms with Gasteiger partial charge in [0.15, 0.2) is 7.05 Å². The van der Waals surface area contributed by atoms with Crippen LogP contribution in [0, 0.1) is 6.92 Å². The number of aromatic amines is 1. The molecule has 0 aliphatic carbocycles. The van der Waals surface area contributed by atoms with Gasteiger partial charge in [-0.15, -0.1) is 0 Å². The van der Waals surface area contributed by atoms with Gasteiger partial charge < -0.3 is 5.32 Å². The molecule has 0 saturated carbocycles. The topological polar surface area (TPSA) is 79.0 Å². The second-order valence-corrected chi connectivity index (χ2v) is 5.02. The molecule has 1 aromatic carbocycles. The number of amides is 1. The van der Waals surface area contributed by atoms with Crippen molar-refractivity contribution in [2.75, 3.05) is 11.1 Å². The van der Waals surface area contributed by atoms with Crippen molar-refractivity contribution in [3.05, 3.63) is 40.2 Å². The molecule has 0 fully saturated rings. The molecule has 1 amide bonds. The first-order chi connectivity index (χ1) is 9.06. The Morgan fingerprint density at radius 2 is 2.32 bits per heavy atom. The van der Waals surface area contributed by atoms with E-state index in [9.17, 15) is 9.59 Å². The van der Waals surface area contributed by atoms with Crippen molar-refractivity contribution in [2.45, 2.75) is 11.9 Å². The molecule has 0 radical (unpaired) electrons. The third-order valence-electron chi connectivity index (χ3n) is 2.40. The largest absolute Gasteiger partial charge is 0.441 e. The average molecular weight is 280 g/mol. The predicted molar refractivity (Wildman–Crippen MR) is 71.0 cm³/mol. The van der Waals surface area contributed by atoms with Crippen LogP contribution in [0.3, 0.4) is 0 Å². The van der Waals surface area contributed by atoms with E-state index in [-0.39, 0.29) is 11.7 Å². The number of nitrogens with one attached hydrogen (secondary N) is 2. The van der Waals surface area contributed by atoms with E-state index < -0.39 is 5.63 Å². The Bertz CT molecular complexity index is 648. The standard InChI is InChI=1S/C12H13N3O3S/c1-8-4-3-5-9(6-8)13-10(16)7-19-11-12(17)18-14-15(11)2/h3-6H,7H2,1-2H3,(H-,13,14,16,17)/p+1. The molecule has 0 atom stereocenters. The van der Waals surface area contributed by atoms with Crippen LogP contribution in [0.25, 0.3) is 0 Å². The number of carbonyl (C=O) groups excluding carboxylic acids is 1. The van der Waals surface area contributed by atoms with Crippen LogP contribution in [-0.2, 0) is 11.8 Å². The van der Waals surface area contributed by atoms with Crippen molar-refractivity contribution in [2.24, 2.45) is 7.05 Å². The van der Waals surface area contributed by atoms with Crippen molar-refractivity contribution in [1.29, 1.82) is 0 Å². The van der Waals surface area contributed by atoms with Crippen LogP contribution in [0.15, 0.2) is 38.6 Å². The van der Waals surface area contributed by atoms with Gasteiger partial charge in [-0.3, -0.25) is 9.32 Å². The SMILES string of the molecule is Cc1cccc(NC(=O)CSc2c(=O)o[nH][n+]2C)c1. The Hall–Kier alpha value is -2.02. The molecule has 0 saturated heterocycles. The molecule has 0 bridgehead atoms. The Kier molecular flexibility index (Phi) is 4.06. The Morgan fingerprint density at radius 3 is 2.95 bits per heavy atom. The lowest BCUT2D eigenvalue weighted by Gasteiger charge is -2.04. The molecular weight excluding hydrogens is 266 g/mol. The van der Waals surface area contributed by atoms with Crippen molar-refractivity contribution in [1.82, 2.24) is 5.27 Å². The Morgan fingerprint density at radius 1 is 1.53 bits per heavy atom. The fourth-order valence-electron chi connectivity index (χ4n) is 1.54. The first-order valence-corrected chi connectivity index (χ1v) is 6.61. The van der Waals surface area contributed by atoms with Crippen LogP contribution in [0.4, 0.5) is 5.69 Å². The van der Waals surface area contributed by atoms with Crippen molar-refractivity contribution in [3.63, 3.8) is 0 Å². The highest BCUT2D eigenvalue weighted by Gasteiger charge is 2.19. The lowest BCUT2D eigenvalue weighted by atomic mass is 10.2. The molecule has 1 aromatic heterocycles. The van der Waals surface area contributed by atoms with Gasteiger partial charge in [0.25, 0.3) is 0 Å². The molecule has 0 aliphatic heterocycles. The Labute approximate surface area is 113 Å². The summed E-state index contributed by atoms with van der Waals surface area (Å²) in [7, 11) is 1.64. The third-order valence-corrected chi connectivity index (χ3v) is 3.52. The summed E-state index contributed by atoms with van der Waals surface area (Å²) in [5, 5.41) is 5.53. The Balaban J connectivity index is 1.94. The summed E-state index contributed by atoms with van der Waals surface area (Å²) in [5.74, 6) is -0.0269. The van der Waals surface area contributed by atoms with Gasteiger partial charge in [-0.2, -0.15) is 0 Å². The molecule has 100 valence electrons. The van der Waals surface area contributed by atoms with Gasteiger partial charge in [0.05, 0.1) is 5.75 Å². The van der Waals surface area contributed by atoms with Crippen LogP contribution in [0.1, 0.15) is 5.56 Å².